The molecular formula is C9H16O. The third-order valence-corrected chi connectivity index (χ3v) is 1.46. The van der Waals surface area contributed by atoms with E-state index in [4.69, 9.17) is 0 Å². The predicted molar refractivity (Wildman–Crippen MR) is 44.0 cm³/mol. The molecule has 0 N–H and O–H groups in total. The second kappa shape index (κ2) is 6.53. The molecule has 0 aromatic heterocycles. The molecule has 1 nitrogen and oxygen atoms in total. The molecule has 0 heterocycles. The molecule has 0 radical (unpaired) electrons. The van der Waals surface area contributed by atoms with E-state index in [-0.39, 0.29) is 0 Å². The molecule has 0 saturated heterocycles. The third kappa shape index (κ3) is 5.54. The van der Waals surface area contributed by atoms with Gasteiger partial charge >= 0.3 is 0 Å². The summed E-state index contributed by atoms with van der Waals surface area (Å²) in [6, 6.07) is 0. The maximum absolute atomic E-state index is 10.1. The van der Waals surface area contributed by atoms with Crippen molar-refractivity contribution in [2.45, 2.75) is 39.5 Å². The van der Waals surface area contributed by atoms with Gasteiger partial charge in [0.05, 0.1) is 0 Å². The normalized spacial score (nSPS) is 11.6. The Morgan fingerprint density at radius 3 is 2.60 bits per heavy atom. The lowest BCUT2D eigenvalue weighted by molar-refractivity contribution is -0.104. The van der Waals surface area contributed by atoms with Gasteiger partial charge in [-0.15, -0.1) is 0 Å². The number of aldehydes is 1. The lowest BCUT2D eigenvalue weighted by Crippen LogP contribution is -1.77. The van der Waals surface area contributed by atoms with Crippen molar-refractivity contribution in [1.82, 2.24) is 0 Å². The quantitative estimate of drug-likeness (QED) is 0.326. The van der Waals surface area contributed by atoms with E-state index in [1.54, 1.807) is 0 Å². The van der Waals surface area contributed by atoms with Gasteiger partial charge in [0.1, 0.15) is 6.29 Å². The van der Waals surface area contributed by atoms with Crippen molar-refractivity contribution >= 4 is 6.29 Å². The number of hydrogen-bond acceptors (Lipinski definition) is 1. The molecule has 0 bridgehead atoms. The molecule has 10 heavy (non-hydrogen) atoms. The van der Waals surface area contributed by atoms with Gasteiger partial charge in [0, 0.05) is 0 Å². The summed E-state index contributed by atoms with van der Waals surface area (Å²) in [4.78, 5) is 10.1. The first-order valence-corrected chi connectivity index (χ1v) is 3.93. The molecule has 0 amide bonds. The summed E-state index contributed by atoms with van der Waals surface area (Å²) in [6.07, 6.45) is 7.69. The maximum atomic E-state index is 10.1. The molecule has 0 aliphatic rings. The molecule has 0 rings (SSSR count). The molecule has 0 aromatic carbocycles. The molecule has 0 atom stereocenters. The van der Waals surface area contributed by atoms with Crippen molar-refractivity contribution in [3.8, 4) is 0 Å². The van der Waals surface area contributed by atoms with Crippen molar-refractivity contribution < 1.29 is 4.79 Å². The Labute approximate surface area is 63.1 Å². The first-order valence-electron chi connectivity index (χ1n) is 3.93. The monoisotopic (exact) mass is 140 g/mol. The summed E-state index contributed by atoms with van der Waals surface area (Å²) in [5.74, 6) is 0. The number of hydrogen-bond donors (Lipinski definition) is 0. The Balaban J connectivity index is 3.24. The van der Waals surface area contributed by atoms with E-state index >= 15 is 0 Å². The standard InChI is InChI=1S/C9H16O/c1-3-4-5-6-7-9(2)8-10/h7-8H,3-6H2,1-2H3. The zero-order valence-electron chi connectivity index (χ0n) is 6.89. The van der Waals surface area contributed by atoms with Crippen LogP contribution < -0.4 is 0 Å². The number of carbonyl (C=O) groups is 1. The summed E-state index contributed by atoms with van der Waals surface area (Å²) in [5, 5.41) is 0. The van der Waals surface area contributed by atoms with E-state index in [0.29, 0.717) is 0 Å². The molecule has 0 fully saturated rings. The SMILES string of the molecule is CCCCCC=C(C)C=O. The van der Waals surface area contributed by atoms with Crippen LogP contribution in [0.15, 0.2) is 11.6 Å². The second-order valence-corrected chi connectivity index (χ2v) is 2.56. The van der Waals surface area contributed by atoms with E-state index in [0.717, 1.165) is 18.3 Å². The van der Waals surface area contributed by atoms with Gasteiger partial charge in [-0.1, -0.05) is 25.8 Å². The molecule has 0 spiro atoms. The molecule has 58 valence electrons. The zero-order valence-corrected chi connectivity index (χ0v) is 6.89. The van der Waals surface area contributed by atoms with Crippen molar-refractivity contribution in [2.75, 3.05) is 0 Å². The number of rotatable bonds is 5. The van der Waals surface area contributed by atoms with Gasteiger partial charge in [0.2, 0.25) is 0 Å². The Morgan fingerprint density at radius 1 is 1.40 bits per heavy atom. The lowest BCUT2D eigenvalue weighted by Gasteiger charge is -1.91. The van der Waals surface area contributed by atoms with Crippen LogP contribution in [-0.4, -0.2) is 6.29 Å². The van der Waals surface area contributed by atoms with Gasteiger partial charge in [-0.3, -0.25) is 4.79 Å². The number of carbonyl (C=O) groups excluding carboxylic acids is 1. The molecule has 0 aromatic rings. The van der Waals surface area contributed by atoms with E-state index < -0.39 is 0 Å². The largest absolute Gasteiger partial charge is 0.298 e. The minimum absolute atomic E-state index is 0.858. The van der Waals surface area contributed by atoms with E-state index in [1.165, 1.54) is 19.3 Å². The highest BCUT2D eigenvalue weighted by Crippen LogP contribution is 2.01. The highest BCUT2D eigenvalue weighted by atomic mass is 16.1. The molecular weight excluding hydrogens is 124 g/mol. The highest BCUT2D eigenvalue weighted by molar-refractivity contribution is 5.71. The molecule has 1 heteroatoms. The minimum atomic E-state index is 0.858. The van der Waals surface area contributed by atoms with Gasteiger partial charge in [-0.2, -0.15) is 0 Å². The molecule has 0 saturated carbocycles. The van der Waals surface area contributed by atoms with Crippen LogP contribution in [-0.2, 0) is 4.79 Å². The highest BCUT2D eigenvalue weighted by Gasteiger charge is 1.84. The fourth-order valence-electron chi connectivity index (χ4n) is 0.772. The smallest absolute Gasteiger partial charge is 0.145 e. The average Bonchev–Trinajstić information content (AvgIpc) is 1.98. The van der Waals surface area contributed by atoms with E-state index in [1.807, 2.05) is 13.0 Å². The minimum Gasteiger partial charge on any atom is -0.298 e. The molecule has 0 aliphatic carbocycles. The van der Waals surface area contributed by atoms with Crippen LogP contribution in [0.3, 0.4) is 0 Å². The van der Waals surface area contributed by atoms with Crippen LogP contribution in [0.4, 0.5) is 0 Å². The summed E-state index contributed by atoms with van der Waals surface area (Å²) in [6.45, 7) is 4.02. The molecule has 0 unspecified atom stereocenters. The fraction of sp³-hybridized carbons (Fsp3) is 0.667. The van der Waals surface area contributed by atoms with Crippen LogP contribution >= 0.6 is 0 Å². The number of allylic oxidation sites excluding steroid dienone is 2. The third-order valence-electron chi connectivity index (χ3n) is 1.46. The van der Waals surface area contributed by atoms with Crippen molar-refractivity contribution in [1.29, 1.82) is 0 Å². The van der Waals surface area contributed by atoms with Gasteiger partial charge in [-0.25, -0.2) is 0 Å². The maximum Gasteiger partial charge on any atom is 0.145 e. The summed E-state index contributed by atoms with van der Waals surface area (Å²) >= 11 is 0. The zero-order chi connectivity index (χ0) is 7.82. The number of unbranched alkanes of at least 4 members (excludes halogenated alkanes) is 3. The Bertz CT molecular complexity index is 114. The van der Waals surface area contributed by atoms with Crippen LogP contribution in [0, 0.1) is 0 Å². The van der Waals surface area contributed by atoms with Crippen LogP contribution in [0.2, 0.25) is 0 Å². The van der Waals surface area contributed by atoms with Gasteiger partial charge < -0.3 is 0 Å². The van der Waals surface area contributed by atoms with Gasteiger partial charge in [0.25, 0.3) is 0 Å². The fourth-order valence-corrected chi connectivity index (χ4v) is 0.772. The van der Waals surface area contributed by atoms with Crippen LogP contribution in [0.25, 0.3) is 0 Å². The first kappa shape index (κ1) is 9.41. The average molecular weight is 140 g/mol. The van der Waals surface area contributed by atoms with Crippen LogP contribution in [0.5, 0.6) is 0 Å². The Hall–Kier alpha value is -0.590. The van der Waals surface area contributed by atoms with Crippen molar-refractivity contribution in [3.05, 3.63) is 11.6 Å². The predicted octanol–water partition coefficient (Wildman–Crippen LogP) is 2.71. The Morgan fingerprint density at radius 2 is 2.10 bits per heavy atom. The van der Waals surface area contributed by atoms with Gasteiger partial charge in [-0.05, 0) is 25.3 Å². The lowest BCUT2D eigenvalue weighted by atomic mass is 10.1. The topological polar surface area (TPSA) is 17.1 Å². The van der Waals surface area contributed by atoms with E-state index in [2.05, 4.69) is 6.92 Å². The second-order valence-electron chi connectivity index (χ2n) is 2.56. The van der Waals surface area contributed by atoms with E-state index in [9.17, 15) is 4.79 Å². The first-order chi connectivity index (χ1) is 4.81. The molecule has 0 aliphatic heterocycles. The summed E-state index contributed by atoms with van der Waals surface area (Å²) < 4.78 is 0. The Kier molecular flexibility index (Phi) is 6.14. The van der Waals surface area contributed by atoms with Crippen molar-refractivity contribution in [2.24, 2.45) is 0 Å². The van der Waals surface area contributed by atoms with Gasteiger partial charge in [0.15, 0.2) is 0 Å². The van der Waals surface area contributed by atoms with Crippen LogP contribution in [0.1, 0.15) is 39.5 Å². The van der Waals surface area contributed by atoms with Crippen molar-refractivity contribution in [3.63, 3.8) is 0 Å². The summed E-state index contributed by atoms with van der Waals surface area (Å²) in [7, 11) is 0. The summed E-state index contributed by atoms with van der Waals surface area (Å²) in [5.41, 5.74) is 0.858.